The minimum absolute atomic E-state index is 0.0706. The van der Waals surface area contributed by atoms with Crippen LogP contribution < -0.4 is 5.32 Å². The lowest BCUT2D eigenvalue weighted by Crippen LogP contribution is -2.46. The van der Waals surface area contributed by atoms with Crippen molar-refractivity contribution in [1.29, 1.82) is 0 Å². The topological polar surface area (TPSA) is 32.3 Å². The Kier molecular flexibility index (Phi) is 3.83. The molecule has 0 atom stereocenters. The molecule has 1 aliphatic rings. The molecule has 2 rings (SSSR count). The highest BCUT2D eigenvalue weighted by atomic mass is 32.1. The summed E-state index contributed by atoms with van der Waals surface area (Å²) in [5, 5.41) is 5.11. The third-order valence-corrected chi connectivity index (χ3v) is 3.99. The van der Waals surface area contributed by atoms with E-state index in [9.17, 15) is 4.79 Å². The molecule has 0 radical (unpaired) electrons. The molecule has 2 amide bonds. The van der Waals surface area contributed by atoms with Crippen molar-refractivity contribution in [2.45, 2.75) is 31.7 Å². The average molecular weight is 238 g/mol. The van der Waals surface area contributed by atoms with Crippen LogP contribution in [0.4, 0.5) is 4.79 Å². The zero-order chi connectivity index (χ0) is 11.4. The van der Waals surface area contributed by atoms with Crippen molar-refractivity contribution in [2.24, 2.45) is 0 Å². The number of thiophene rings is 1. The lowest BCUT2D eigenvalue weighted by atomic mass is 9.93. The molecule has 0 spiro atoms. The van der Waals surface area contributed by atoms with Crippen molar-refractivity contribution < 1.29 is 4.79 Å². The highest BCUT2D eigenvalue weighted by Gasteiger charge is 2.20. The van der Waals surface area contributed by atoms with Crippen LogP contribution in [0.1, 0.15) is 24.1 Å². The van der Waals surface area contributed by atoms with E-state index in [1.165, 1.54) is 11.3 Å². The number of nitrogens with one attached hydrogen (secondary N) is 1. The van der Waals surface area contributed by atoms with Crippen LogP contribution in [0.3, 0.4) is 0 Å². The number of likely N-dealkylation sites (N-methyl/N-ethyl adjacent to an activating group) is 1. The SMILES string of the molecule is CN(CCc1cccs1)C(=O)NC1CCC1. The molecule has 0 saturated heterocycles. The lowest BCUT2D eigenvalue weighted by molar-refractivity contribution is 0.197. The molecule has 1 aliphatic carbocycles. The second-order valence-electron chi connectivity index (χ2n) is 4.33. The Morgan fingerprint density at radius 1 is 1.62 bits per heavy atom. The van der Waals surface area contributed by atoms with Crippen molar-refractivity contribution >= 4 is 17.4 Å². The largest absolute Gasteiger partial charge is 0.335 e. The molecule has 3 nitrogen and oxygen atoms in total. The van der Waals surface area contributed by atoms with Gasteiger partial charge in [-0.25, -0.2) is 4.79 Å². The van der Waals surface area contributed by atoms with Gasteiger partial charge in [0.25, 0.3) is 0 Å². The molecule has 1 aromatic heterocycles. The third-order valence-electron chi connectivity index (χ3n) is 3.05. The predicted molar refractivity (Wildman–Crippen MR) is 66.8 cm³/mol. The van der Waals surface area contributed by atoms with Crippen LogP contribution in [0.2, 0.25) is 0 Å². The molecule has 1 heterocycles. The maximum atomic E-state index is 11.7. The molecule has 16 heavy (non-hydrogen) atoms. The quantitative estimate of drug-likeness (QED) is 0.858. The number of hydrogen-bond donors (Lipinski definition) is 1. The molecule has 0 bridgehead atoms. The van der Waals surface area contributed by atoms with Crippen LogP contribution in [-0.4, -0.2) is 30.6 Å². The number of carbonyl (C=O) groups excluding carboxylic acids is 1. The van der Waals surface area contributed by atoms with Gasteiger partial charge in [-0.2, -0.15) is 0 Å². The van der Waals surface area contributed by atoms with Crippen molar-refractivity contribution in [3.05, 3.63) is 22.4 Å². The zero-order valence-corrected chi connectivity index (χ0v) is 10.4. The van der Waals surface area contributed by atoms with E-state index in [4.69, 9.17) is 0 Å². The Morgan fingerprint density at radius 3 is 3.00 bits per heavy atom. The highest BCUT2D eigenvalue weighted by molar-refractivity contribution is 7.09. The van der Waals surface area contributed by atoms with Crippen LogP contribution in [0.25, 0.3) is 0 Å². The van der Waals surface area contributed by atoms with Gasteiger partial charge in [-0.15, -0.1) is 11.3 Å². The second kappa shape index (κ2) is 5.34. The van der Waals surface area contributed by atoms with Gasteiger partial charge >= 0.3 is 6.03 Å². The fourth-order valence-corrected chi connectivity index (χ4v) is 2.37. The maximum Gasteiger partial charge on any atom is 0.317 e. The molecule has 4 heteroatoms. The number of rotatable bonds is 4. The Labute approximate surface area is 100 Å². The van der Waals surface area contributed by atoms with Gasteiger partial charge < -0.3 is 10.2 Å². The summed E-state index contributed by atoms with van der Waals surface area (Å²) in [6, 6.07) is 4.66. The van der Waals surface area contributed by atoms with Crippen LogP contribution in [-0.2, 0) is 6.42 Å². The number of urea groups is 1. The van der Waals surface area contributed by atoms with Gasteiger partial charge in [-0.3, -0.25) is 0 Å². The van der Waals surface area contributed by atoms with Gasteiger partial charge in [0.15, 0.2) is 0 Å². The van der Waals surface area contributed by atoms with Gasteiger partial charge in [0.1, 0.15) is 0 Å². The minimum atomic E-state index is 0.0706. The highest BCUT2D eigenvalue weighted by Crippen LogP contribution is 2.18. The summed E-state index contributed by atoms with van der Waals surface area (Å²) < 4.78 is 0. The van der Waals surface area contributed by atoms with Crippen LogP contribution in [0.5, 0.6) is 0 Å². The van der Waals surface area contributed by atoms with E-state index in [0.29, 0.717) is 6.04 Å². The Hall–Kier alpha value is -1.03. The number of hydrogen-bond acceptors (Lipinski definition) is 2. The first kappa shape index (κ1) is 11.5. The second-order valence-corrected chi connectivity index (χ2v) is 5.36. The molecule has 0 unspecified atom stereocenters. The Balaban J connectivity index is 1.69. The lowest BCUT2D eigenvalue weighted by Gasteiger charge is -2.29. The number of nitrogens with zero attached hydrogens (tertiary/aromatic N) is 1. The molecule has 0 aromatic carbocycles. The summed E-state index contributed by atoms with van der Waals surface area (Å²) >= 11 is 1.75. The van der Waals surface area contributed by atoms with Crippen molar-refractivity contribution in [2.75, 3.05) is 13.6 Å². The van der Waals surface area contributed by atoms with Crippen LogP contribution >= 0.6 is 11.3 Å². The van der Waals surface area contributed by atoms with Gasteiger partial charge in [0, 0.05) is 24.5 Å². The summed E-state index contributed by atoms with van der Waals surface area (Å²) in [7, 11) is 1.86. The standard InChI is InChI=1S/C12H18N2OS/c1-14(8-7-11-6-3-9-16-11)12(15)13-10-4-2-5-10/h3,6,9-10H,2,4-5,7-8H2,1H3,(H,13,15). The van der Waals surface area contributed by atoms with E-state index >= 15 is 0 Å². The monoisotopic (exact) mass is 238 g/mol. The molecular weight excluding hydrogens is 220 g/mol. The normalized spacial score (nSPS) is 15.6. The van der Waals surface area contributed by atoms with E-state index in [1.54, 1.807) is 16.2 Å². The first-order chi connectivity index (χ1) is 7.75. The van der Waals surface area contributed by atoms with Gasteiger partial charge in [0.2, 0.25) is 0 Å². The van der Waals surface area contributed by atoms with Crippen LogP contribution in [0, 0.1) is 0 Å². The van der Waals surface area contributed by atoms with Gasteiger partial charge in [-0.05, 0) is 37.1 Å². The number of amides is 2. The fraction of sp³-hybridized carbons (Fsp3) is 0.583. The van der Waals surface area contributed by atoms with Gasteiger partial charge in [0.05, 0.1) is 0 Å². The zero-order valence-electron chi connectivity index (χ0n) is 9.61. The molecule has 0 aliphatic heterocycles. The van der Waals surface area contributed by atoms with E-state index in [2.05, 4.69) is 22.8 Å². The van der Waals surface area contributed by atoms with Crippen molar-refractivity contribution in [3.8, 4) is 0 Å². The maximum absolute atomic E-state index is 11.7. The van der Waals surface area contributed by atoms with E-state index in [0.717, 1.165) is 25.8 Å². The third kappa shape index (κ3) is 2.98. The first-order valence-electron chi connectivity index (χ1n) is 5.80. The van der Waals surface area contributed by atoms with Crippen molar-refractivity contribution in [3.63, 3.8) is 0 Å². The van der Waals surface area contributed by atoms with Gasteiger partial charge in [-0.1, -0.05) is 6.07 Å². The van der Waals surface area contributed by atoms with E-state index in [1.807, 2.05) is 7.05 Å². The fourth-order valence-electron chi connectivity index (χ4n) is 1.67. The van der Waals surface area contributed by atoms with E-state index < -0.39 is 0 Å². The predicted octanol–water partition coefficient (Wildman–Crippen LogP) is 2.48. The molecular formula is C12H18N2OS. The first-order valence-corrected chi connectivity index (χ1v) is 6.67. The smallest absolute Gasteiger partial charge is 0.317 e. The average Bonchev–Trinajstić information content (AvgIpc) is 2.72. The summed E-state index contributed by atoms with van der Waals surface area (Å²) in [5.41, 5.74) is 0. The summed E-state index contributed by atoms with van der Waals surface area (Å²) in [6.45, 7) is 0.791. The molecule has 1 fully saturated rings. The Bertz CT molecular complexity index is 333. The molecule has 1 N–H and O–H groups in total. The molecule has 88 valence electrons. The summed E-state index contributed by atoms with van der Waals surface area (Å²) in [4.78, 5) is 14.8. The summed E-state index contributed by atoms with van der Waals surface area (Å²) in [5.74, 6) is 0. The van der Waals surface area contributed by atoms with Crippen LogP contribution in [0.15, 0.2) is 17.5 Å². The molecule has 1 aromatic rings. The minimum Gasteiger partial charge on any atom is -0.335 e. The van der Waals surface area contributed by atoms with Crippen molar-refractivity contribution in [1.82, 2.24) is 10.2 Å². The van der Waals surface area contributed by atoms with E-state index in [-0.39, 0.29) is 6.03 Å². The molecule has 1 saturated carbocycles. The summed E-state index contributed by atoms with van der Waals surface area (Å²) in [6.07, 6.45) is 4.49. The Morgan fingerprint density at radius 2 is 2.44 bits per heavy atom. The number of carbonyl (C=O) groups is 1.